The van der Waals surface area contributed by atoms with Crippen molar-refractivity contribution in [2.75, 3.05) is 13.1 Å². The number of likely N-dealkylation sites (N-methyl/N-ethyl adjacent to an activating group) is 1. The molecule has 1 fully saturated rings. The zero-order chi connectivity index (χ0) is 16.8. The van der Waals surface area contributed by atoms with E-state index in [1.807, 2.05) is 13.0 Å². The summed E-state index contributed by atoms with van der Waals surface area (Å²) in [5.74, 6) is -0.345. The van der Waals surface area contributed by atoms with E-state index < -0.39 is 6.04 Å². The topological polar surface area (TPSA) is 78.5 Å². The highest BCUT2D eigenvalue weighted by Crippen LogP contribution is 2.15. The number of nitrogens with one attached hydrogen (secondary N) is 2. The van der Waals surface area contributed by atoms with Gasteiger partial charge in [-0.15, -0.1) is 0 Å². The summed E-state index contributed by atoms with van der Waals surface area (Å²) in [6.45, 7) is 5.29. The fourth-order valence-corrected chi connectivity index (χ4v) is 2.58. The zero-order valence-electron chi connectivity index (χ0n) is 13.6. The number of likely N-dealkylation sites (tertiary alicyclic amines) is 1. The molecule has 2 N–H and O–H groups in total. The van der Waals surface area contributed by atoms with Gasteiger partial charge in [0.1, 0.15) is 6.04 Å². The lowest BCUT2D eigenvalue weighted by atomic mass is 10.1. The van der Waals surface area contributed by atoms with Gasteiger partial charge in [0, 0.05) is 31.6 Å². The first kappa shape index (κ1) is 17.0. The van der Waals surface area contributed by atoms with Crippen LogP contribution in [0, 0.1) is 0 Å². The Kier molecular flexibility index (Phi) is 5.73. The minimum Gasteiger partial charge on any atom is -0.355 e. The average Bonchev–Trinajstić information content (AvgIpc) is 2.93. The summed E-state index contributed by atoms with van der Waals surface area (Å²) in [5.41, 5.74) is 1.41. The molecule has 6 nitrogen and oxygen atoms in total. The lowest BCUT2D eigenvalue weighted by Gasteiger charge is -2.17. The molecule has 6 heteroatoms. The van der Waals surface area contributed by atoms with Crippen molar-refractivity contribution in [3.05, 3.63) is 35.4 Å². The number of hydrogen-bond acceptors (Lipinski definition) is 3. The molecule has 0 aliphatic carbocycles. The Balaban J connectivity index is 1.99. The molecular weight excluding hydrogens is 294 g/mol. The van der Waals surface area contributed by atoms with Crippen LogP contribution in [0.3, 0.4) is 0 Å². The quantitative estimate of drug-likeness (QED) is 0.823. The smallest absolute Gasteiger partial charge is 0.251 e. The second-order valence-corrected chi connectivity index (χ2v) is 5.71. The maximum Gasteiger partial charge on any atom is 0.251 e. The predicted molar refractivity (Wildman–Crippen MR) is 86.7 cm³/mol. The van der Waals surface area contributed by atoms with Gasteiger partial charge in [0.2, 0.25) is 11.8 Å². The van der Waals surface area contributed by atoms with Crippen molar-refractivity contribution in [2.45, 2.75) is 39.3 Å². The van der Waals surface area contributed by atoms with Crippen molar-refractivity contribution in [1.29, 1.82) is 0 Å². The fourth-order valence-electron chi connectivity index (χ4n) is 2.58. The summed E-state index contributed by atoms with van der Waals surface area (Å²) in [6, 6.07) is 6.57. The van der Waals surface area contributed by atoms with Gasteiger partial charge in [-0.25, -0.2) is 0 Å². The molecule has 1 aromatic carbocycles. The van der Waals surface area contributed by atoms with E-state index >= 15 is 0 Å². The summed E-state index contributed by atoms with van der Waals surface area (Å²) < 4.78 is 0. The third-order valence-corrected chi connectivity index (χ3v) is 3.83. The molecule has 124 valence electrons. The van der Waals surface area contributed by atoms with Gasteiger partial charge in [-0.2, -0.15) is 0 Å². The second kappa shape index (κ2) is 7.76. The first-order valence-electron chi connectivity index (χ1n) is 7.96. The van der Waals surface area contributed by atoms with E-state index in [0.717, 1.165) is 18.5 Å². The minimum atomic E-state index is -0.591. The van der Waals surface area contributed by atoms with E-state index in [1.165, 1.54) is 0 Å². The fraction of sp³-hybridized carbons (Fsp3) is 0.471. The number of rotatable bonds is 6. The Bertz CT molecular complexity index is 601. The molecule has 1 aliphatic rings. The van der Waals surface area contributed by atoms with Crippen LogP contribution in [0.15, 0.2) is 24.3 Å². The van der Waals surface area contributed by atoms with Crippen molar-refractivity contribution in [2.24, 2.45) is 0 Å². The van der Waals surface area contributed by atoms with E-state index in [9.17, 15) is 14.4 Å². The van der Waals surface area contributed by atoms with Crippen molar-refractivity contribution >= 4 is 17.7 Å². The van der Waals surface area contributed by atoms with Crippen LogP contribution in [0.1, 0.15) is 42.6 Å². The largest absolute Gasteiger partial charge is 0.355 e. The molecule has 23 heavy (non-hydrogen) atoms. The zero-order valence-corrected chi connectivity index (χ0v) is 13.6. The van der Waals surface area contributed by atoms with Crippen LogP contribution < -0.4 is 10.6 Å². The van der Waals surface area contributed by atoms with Crippen LogP contribution in [-0.2, 0) is 16.1 Å². The van der Waals surface area contributed by atoms with Crippen molar-refractivity contribution in [1.82, 2.24) is 15.5 Å². The number of hydrogen-bond donors (Lipinski definition) is 2. The maximum atomic E-state index is 12.2. The Morgan fingerprint density at radius 3 is 2.78 bits per heavy atom. The standard InChI is InChI=1S/C17H23N3O3/c1-3-18-16(22)12(2)19-17(23)14-7-4-6-13(10-14)11-20-9-5-8-15(20)21/h4,6-7,10,12H,3,5,8-9,11H2,1-2H3,(H,18,22)(H,19,23)/t12-/m1/s1. The molecule has 1 aliphatic heterocycles. The highest BCUT2D eigenvalue weighted by atomic mass is 16.2. The van der Waals surface area contributed by atoms with Gasteiger partial charge >= 0.3 is 0 Å². The molecule has 0 saturated carbocycles. The molecule has 0 aromatic heterocycles. The molecule has 1 saturated heterocycles. The molecule has 0 bridgehead atoms. The van der Waals surface area contributed by atoms with Crippen LogP contribution in [0.25, 0.3) is 0 Å². The van der Waals surface area contributed by atoms with Crippen LogP contribution in [-0.4, -0.2) is 41.8 Å². The first-order valence-corrected chi connectivity index (χ1v) is 7.96. The maximum absolute atomic E-state index is 12.2. The van der Waals surface area contributed by atoms with Gasteiger partial charge in [-0.05, 0) is 38.0 Å². The lowest BCUT2D eigenvalue weighted by molar-refractivity contribution is -0.128. The SMILES string of the molecule is CCNC(=O)[C@@H](C)NC(=O)c1cccc(CN2CCCC2=O)c1. The van der Waals surface area contributed by atoms with Crippen LogP contribution in [0.2, 0.25) is 0 Å². The third kappa shape index (κ3) is 4.55. The molecule has 3 amide bonds. The van der Waals surface area contributed by atoms with Crippen molar-refractivity contribution in [3.63, 3.8) is 0 Å². The third-order valence-electron chi connectivity index (χ3n) is 3.83. The van der Waals surface area contributed by atoms with Gasteiger partial charge < -0.3 is 15.5 Å². The summed E-state index contributed by atoms with van der Waals surface area (Å²) in [7, 11) is 0. The Labute approximate surface area is 136 Å². The molecule has 0 unspecified atom stereocenters. The Morgan fingerprint density at radius 2 is 2.13 bits per heavy atom. The number of nitrogens with zero attached hydrogens (tertiary/aromatic N) is 1. The highest BCUT2D eigenvalue weighted by Gasteiger charge is 2.21. The summed E-state index contributed by atoms with van der Waals surface area (Å²) in [5, 5.41) is 5.35. The molecule has 0 spiro atoms. The Morgan fingerprint density at radius 1 is 1.35 bits per heavy atom. The average molecular weight is 317 g/mol. The van der Waals surface area contributed by atoms with Gasteiger partial charge in [0.15, 0.2) is 0 Å². The Hall–Kier alpha value is -2.37. The van der Waals surface area contributed by atoms with Crippen molar-refractivity contribution < 1.29 is 14.4 Å². The molecule has 2 rings (SSSR count). The summed E-state index contributed by atoms with van der Waals surface area (Å²) >= 11 is 0. The van der Waals surface area contributed by atoms with E-state index in [2.05, 4.69) is 10.6 Å². The van der Waals surface area contributed by atoms with Gasteiger partial charge in [0.05, 0.1) is 0 Å². The van der Waals surface area contributed by atoms with Gasteiger partial charge in [-0.3, -0.25) is 14.4 Å². The molecular formula is C17H23N3O3. The highest BCUT2D eigenvalue weighted by molar-refractivity contribution is 5.97. The number of carbonyl (C=O) groups excluding carboxylic acids is 3. The van der Waals surface area contributed by atoms with E-state index in [1.54, 1.807) is 30.0 Å². The molecule has 0 radical (unpaired) electrons. The van der Waals surface area contributed by atoms with Crippen LogP contribution in [0.4, 0.5) is 0 Å². The predicted octanol–water partition coefficient (Wildman–Crippen LogP) is 1.06. The number of amides is 3. The first-order chi connectivity index (χ1) is 11.0. The molecule has 1 heterocycles. The van der Waals surface area contributed by atoms with Crippen LogP contribution in [0.5, 0.6) is 0 Å². The molecule has 1 atom stereocenters. The normalized spacial score (nSPS) is 15.4. The summed E-state index contributed by atoms with van der Waals surface area (Å²) in [4.78, 5) is 37.4. The number of carbonyl (C=O) groups is 3. The molecule has 1 aromatic rings. The lowest BCUT2D eigenvalue weighted by Crippen LogP contribution is -2.44. The second-order valence-electron chi connectivity index (χ2n) is 5.71. The monoisotopic (exact) mass is 317 g/mol. The van der Waals surface area contributed by atoms with E-state index in [0.29, 0.717) is 25.1 Å². The minimum absolute atomic E-state index is 0.157. The van der Waals surface area contributed by atoms with Crippen molar-refractivity contribution in [3.8, 4) is 0 Å². The number of benzene rings is 1. The van der Waals surface area contributed by atoms with Gasteiger partial charge in [-0.1, -0.05) is 12.1 Å². The summed E-state index contributed by atoms with van der Waals surface area (Å²) in [6.07, 6.45) is 1.49. The van der Waals surface area contributed by atoms with E-state index in [4.69, 9.17) is 0 Å². The van der Waals surface area contributed by atoms with Gasteiger partial charge in [0.25, 0.3) is 5.91 Å². The van der Waals surface area contributed by atoms with Crippen LogP contribution >= 0.6 is 0 Å². The van der Waals surface area contributed by atoms with E-state index in [-0.39, 0.29) is 17.7 Å².